The highest BCUT2D eigenvalue weighted by Gasteiger charge is 2.20. The second kappa shape index (κ2) is 5.77. The number of hydrogen-bond donors (Lipinski definition) is 1. The summed E-state index contributed by atoms with van der Waals surface area (Å²) >= 11 is 6.06. The van der Waals surface area contributed by atoms with Crippen LogP contribution in [-0.4, -0.2) is 29.2 Å². The molecular formula is C15H16ClN3O2. The Balaban J connectivity index is 1.64. The van der Waals surface area contributed by atoms with Crippen LogP contribution in [0, 0.1) is 13.8 Å². The molecule has 1 N–H and O–H groups in total. The van der Waals surface area contributed by atoms with E-state index < -0.39 is 0 Å². The summed E-state index contributed by atoms with van der Waals surface area (Å²) in [6.45, 7) is 4.84. The van der Waals surface area contributed by atoms with Crippen molar-refractivity contribution in [2.24, 2.45) is 0 Å². The zero-order chi connectivity index (χ0) is 14.8. The predicted molar refractivity (Wildman–Crippen MR) is 81.4 cm³/mol. The number of anilines is 1. The first-order chi connectivity index (χ1) is 10.1. The van der Waals surface area contributed by atoms with Gasteiger partial charge in [0.05, 0.1) is 6.54 Å². The van der Waals surface area contributed by atoms with Crippen molar-refractivity contribution in [2.45, 2.75) is 20.0 Å². The standard InChI is InChI=1S/C15H16ClN3O2/c1-9-10(2)18-15(19-14(9)16)17-7-11-8-20-12-5-3-4-6-13(12)21-11/h3-6,11H,7-8H2,1-2H3,(H,17,18,19). The Morgan fingerprint density at radius 3 is 2.76 bits per heavy atom. The predicted octanol–water partition coefficient (Wildman–Crippen LogP) is 3.00. The zero-order valence-corrected chi connectivity index (χ0v) is 12.6. The quantitative estimate of drug-likeness (QED) is 0.883. The number of rotatable bonds is 3. The van der Waals surface area contributed by atoms with Gasteiger partial charge in [0.1, 0.15) is 17.9 Å². The number of halogens is 1. The molecule has 0 amide bonds. The summed E-state index contributed by atoms with van der Waals surface area (Å²) in [5, 5.41) is 3.61. The first kappa shape index (κ1) is 13.9. The van der Waals surface area contributed by atoms with Crippen molar-refractivity contribution in [1.82, 2.24) is 9.97 Å². The van der Waals surface area contributed by atoms with Gasteiger partial charge in [-0.1, -0.05) is 23.7 Å². The number of fused-ring (bicyclic) bond motifs is 1. The van der Waals surface area contributed by atoms with Gasteiger partial charge in [0, 0.05) is 11.3 Å². The van der Waals surface area contributed by atoms with E-state index in [1.54, 1.807) is 0 Å². The first-order valence-electron chi connectivity index (χ1n) is 6.76. The Morgan fingerprint density at radius 1 is 1.24 bits per heavy atom. The molecule has 110 valence electrons. The van der Waals surface area contributed by atoms with E-state index in [4.69, 9.17) is 21.1 Å². The molecule has 21 heavy (non-hydrogen) atoms. The van der Waals surface area contributed by atoms with Crippen LogP contribution in [0.3, 0.4) is 0 Å². The Labute approximate surface area is 128 Å². The lowest BCUT2D eigenvalue weighted by atomic mass is 10.2. The molecule has 0 saturated carbocycles. The van der Waals surface area contributed by atoms with Crippen molar-refractivity contribution in [3.8, 4) is 11.5 Å². The third kappa shape index (κ3) is 3.03. The van der Waals surface area contributed by atoms with Crippen LogP contribution in [0.2, 0.25) is 5.15 Å². The van der Waals surface area contributed by atoms with Gasteiger partial charge in [0.25, 0.3) is 0 Å². The summed E-state index contributed by atoms with van der Waals surface area (Å²) < 4.78 is 11.5. The minimum atomic E-state index is -0.0936. The van der Waals surface area contributed by atoms with Crippen LogP contribution in [0.4, 0.5) is 5.95 Å². The van der Waals surface area contributed by atoms with Crippen LogP contribution >= 0.6 is 11.6 Å². The van der Waals surface area contributed by atoms with E-state index in [1.165, 1.54) is 0 Å². The van der Waals surface area contributed by atoms with E-state index in [0.717, 1.165) is 22.8 Å². The van der Waals surface area contributed by atoms with Gasteiger partial charge in [-0.25, -0.2) is 9.97 Å². The first-order valence-corrected chi connectivity index (χ1v) is 7.14. The highest BCUT2D eigenvalue weighted by atomic mass is 35.5. The molecule has 5 nitrogen and oxygen atoms in total. The third-order valence-electron chi connectivity index (χ3n) is 3.39. The maximum atomic E-state index is 6.06. The number of hydrogen-bond acceptors (Lipinski definition) is 5. The average molecular weight is 306 g/mol. The lowest BCUT2D eigenvalue weighted by molar-refractivity contribution is 0.0996. The minimum absolute atomic E-state index is 0.0936. The van der Waals surface area contributed by atoms with E-state index in [-0.39, 0.29) is 6.10 Å². The molecular weight excluding hydrogens is 290 g/mol. The van der Waals surface area contributed by atoms with Crippen LogP contribution in [0.1, 0.15) is 11.3 Å². The lowest BCUT2D eigenvalue weighted by Crippen LogP contribution is -2.35. The molecule has 1 unspecified atom stereocenters. The molecule has 2 aromatic rings. The summed E-state index contributed by atoms with van der Waals surface area (Å²) in [5.74, 6) is 2.04. The normalized spacial score (nSPS) is 16.6. The fraction of sp³-hybridized carbons (Fsp3) is 0.333. The van der Waals surface area contributed by atoms with Gasteiger partial charge in [0.2, 0.25) is 5.95 Å². The number of aromatic nitrogens is 2. The fourth-order valence-corrected chi connectivity index (χ4v) is 2.26. The monoisotopic (exact) mass is 305 g/mol. The third-order valence-corrected chi connectivity index (χ3v) is 3.75. The van der Waals surface area contributed by atoms with Gasteiger partial charge < -0.3 is 14.8 Å². The molecule has 0 fully saturated rings. The molecule has 2 heterocycles. The van der Waals surface area contributed by atoms with Crippen LogP contribution in [0.15, 0.2) is 24.3 Å². The van der Waals surface area contributed by atoms with Gasteiger partial charge in [-0.2, -0.15) is 0 Å². The molecule has 3 rings (SSSR count). The highest BCUT2D eigenvalue weighted by Crippen LogP contribution is 2.30. The number of para-hydroxylation sites is 2. The Kier molecular flexibility index (Phi) is 3.84. The molecule has 1 aliphatic rings. The van der Waals surface area contributed by atoms with Gasteiger partial charge in [-0.15, -0.1) is 0 Å². The number of benzene rings is 1. The molecule has 0 spiro atoms. The summed E-state index contributed by atoms with van der Waals surface area (Å²) in [6, 6.07) is 7.63. The number of aryl methyl sites for hydroxylation is 1. The SMILES string of the molecule is Cc1nc(NCC2COc3ccccc3O2)nc(Cl)c1C. The molecule has 0 bridgehead atoms. The molecule has 1 atom stereocenters. The second-order valence-electron chi connectivity index (χ2n) is 4.93. The smallest absolute Gasteiger partial charge is 0.224 e. The largest absolute Gasteiger partial charge is 0.486 e. The molecule has 0 aliphatic carbocycles. The molecule has 1 aromatic carbocycles. The maximum absolute atomic E-state index is 6.06. The van der Waals surface area contributed by atoms with E-state index in [2.05, 4.69) is 15.3 Å². The van der Waals surface area contributed by atoms with Crippen molar-refractivity contribution in [3.05, 3.63) is 40.7 Å². The van der Waals surface area contributed by atoms with Crippen molar-refractivity contribution >= 4 is 17.5 Å². The lowest BCUT2D eigenvalue weighted by Gasteiger charge is -2.26. The average Bonchev–Trinajstić information content (AvgIpc) is 2.50. The number of nitrogens with zero attached hydrogens (tertiary/aromatic N) is 2. The molecule has 1 aromatic heterocycles. The molecule has 0 radical (unpaired) electrons. The van der Waals surface area contributed by atoms with Crippen LogP contribution < -0.4 is 14.8 Å². The summed E-state index contributed by atoms with van der Waals surface area (Å²) in [4.78, 5) is 8.57. The van der Waals surface area contributed by atoms with Gasteiger partial charge in [-0.05, 0) is 26.0 Å². The van der Waals surface area contributed by atoms with E-state index in [9.17, 15) is 0 Å². The number of nitrogens with one attached hydrogen (secondary N) is 1. The zero-order valence-electron chi connectivity index (χ0n) is 11.9. The van der Waals surface area contributed by atoms with E-state index in [1.807, 2.05) is 38.1 Å². The van der Waals surface area contributed by atoms with Gasteiger partial charge in [-0.3, -0.25) is 0 Å². The van der Waals surface area contributed by atoms with E-state index in [0.29, 0.717) is 24.3 Å². The van der Waals surface area contributed by atoms with Gasteiger partial charge in [0.15, 0.2) is 11.5 Å². The van der Waals surface area contributed by atoms with Crippen molar-refractivity contribution in [2.75, 3.05) is 18.5 Å². The van der Waals surface area contributed by atoms with Crippen LogP contribution in [-0.2, 0) is 0 Å². The summed E-state index contributed by atoms with van der Waals surface area (Å²) in [5.41, 5.74) is 1.76. The molecule has 1 aliphatic heterocycles. The van der Waals surface area contributed by atoms with E-state index >= 15 is 0 Å². The van der Waals surface area contributed by atoms with Crippen LogP contribution in [0.5, 0.6) is 11.5 Å². The number of ether oxygens (including phenoxy) is 2. The molecule has 6 heteroatoms. The second-order valence-corrected chi connectivity index (χ2v) is 5.28. The van der Waals surface area contributed by atoms with Crippen LogP contribution in [0.25, 0.3) is 0 Å². The van der Waals surface area contributed by atoms with Gasteiger partial charge >= 0.3 is 0 Å². The minimum Gasteiger partial charge on any atom is -0.486 e. The highest BCUT2D eigenvalue weighted by molar-refractivity contribution is 6.30. The van der Waals surface area contributed by atoms with Crippen molar-refractivity contribution < 1.29 is 9.47 Å². The Bertz CT molecular complexity index is 640. The Morgan fingerprint density at radius 2 is 2.00 bits per heavy atom. The van der Waals surface area contributed by atoms with Crippen molar-refractivity contribution in [1.29, 1.82) is 0 Å². The Hall–Kier alpha value is -2.01. The summed E-state index contributed by atoms with van der Waals surface area (Å²) in [7, 11) is 0. The molecule has 0 saturated heterocycles. The fourth-order valence-electron chi connectivity index (χ4n) is 2.04. The summed E-state index contributed by atoms with van der Waals surface area (Å²) in [6.07, 6.45) is -0.0936. The van der Waals surface area contributed by atoms with Crippen molar-refractivity contribution in [3.63, 3.8) is 0 Å². The maximum Gasteiger partial charge on any atom is 0.224 e. The topological polar surface area (TPSA) is 56.3 Å².